The number of aliphatic hydroxyl groups is 1. The molecule has 16 heteroatoms. The molecule has 2 rings (SSSR count). The number of hydrogen-bond donors (Lipinski definition) is 1. The monoisotopic (exact) mass is 564 g/mol. The summed E-state index contributed by atoms with van der Waals surface area (Å²) >= 11 is 0. The summed E-state index contributed by atoms with van der Waals surface area (Å²) in [5.74, 6) is -4.88. The highest BCUT2D eigenvalue weighted by Gasteiger charge is 2.55. The highest BCUT2D eigenvalue weighted by Crippen LogP contribution is 2.33. The second-order valence-corrected chi connectivity index (χ2v) is 8.61. The lowest BCUT2D eigenvalue weighted by atomic mass is 9.97. The van der Waals surface area contributed by atoms with Gasteiger partial charge in [-0.25, -0.2) is 0 Å². The predicted octanol–water partition coefficient (Wildman–Crippen LogP) is -1.33. The van der Waals surface area contributed by atoms with Crippen molar-refractivity contribution in [2.45, 2.75) is 96.9 Å². The smallest absolute Gasteiger partial charge is 0.303 e. The van der Waals surface area contributed by atoms with E-state index < -0.39 is 104 Å². The summed E-state index contributed by atoms with van der Waals surface area (Å²) < 4.78 is 48.3. The quantitative estimate of drug-likeness (QED) is 0.254. The van der Waals surface area contributed by atoms with Gasteiger partial charge in [0.2, 0.25) is 0 Å². The maximum absolute atomic E-state index is 12.0. The molecule has 0 bridgehead atoms. The largest absolute Gasteiger partial charge is 0.463 e. The Bertz CT molecular complexity index is 933. The molecule has 0 aromatic carbocycles. The maximum atomic E-state index is 12.0. The molecule has 0 unspecified atom stereocenters. The molecule has 9 atom stereocenters. The molecule has 16 nitrogen and oxygen atoms in total. The molecule has 0 aromatic heterocycles. The Morgan fingerprint density at radius 1 is 0.641 bits per heavy atom. The van der Waals surface area contributed by atoms with Crippen LogP contribution in [-0.4, -0.2) is 109 Å². The predicted molar refractivity (Wildman–Crippen MR) is 120 cm³/mol. The molecule has 1 N–H and O–H groups in total. The molecular formula is C23H32O16. The van der Waals surface area contributed by atoms with Crippen molar-refractivity contribution in [3.8, 4) is 0 Å². The topological polar surface area (TPSA) is 206 Å². The van der Waals surface area contributed by atoms with Crippen LogP contribution in [0, 0.1) is 0 Å². The van der Waals surface area contributed by atoms with Crippen molar-refractivity contribution in [1.82, 2.24) is 0 Å². The van der Waals surface area contributed by atoms with Crippen LogP contribution in [0.2, 0.25) is 0 Å². The van der Waals surface area contributed by atoms with Crippen molar-refractivity contribution in [2.75, 3.05) is 13.2 Å². The second kappa shape index (κ2) is 14.2. The van der Waals surface area contributed by atoms with E-state index in [-0.39, 0.29) is 0 Å². The number of esters is 6. The Labute approximate surface area is 223 Å². The minimum Gasteiger partial charge on any atom is -0.463 e. The van der Waals surface area contributed by atoms with Gasteiger partial charge in [0.1, 0.15) is 18.8 Å². The van der Waals surface area contributed by atoms with Gasteiger partial charge in [-0.05, 0) is 0 Å². The summed E-state index contributed by atoms with van der Waals surface area (Å²) in [6.45, 7) is 5.49. The third-order valence-corrected chi connectivity index (χ3v) is 5.26. The zero-order valence-corrected chi connectivity index (χ0v) is 22.2. The molecule has 0 aliphatic carbocycles. The third kappa shape index (κ3) is 9.42. The van der Waals surface area contributed by atoms with Crippen LogP contribution in [0.25, 0.3) is 0 Å². The lowest BCUT2D eigenvalue weighted by molar-refractivity contribution is -0.343. The first-order chi connectivity index (χ1) is 18.2. The fourth-order valence-corrected chi connectivity index (χ4v) is 4.00. The van der Waals surface area contributed by atoms with Crippen LogP contribution in [0.1, 0.15) is 41.5 Å². The van der Waals surface area contributed by atoms with Crippen LogP contribution >= 0.6 is 0 Å². The number of hydrogen-bond acceptors (Lipinski definition) is 16. The van der Waals surface area contributed by atoms with Crippen molar-refractivity contribution < 1.29 is 76.5 Å². The van der Waals surface area contributed by atoms with Gasteiger partial charge in [-0.1, -0.05) is 0 Å². The van der Waals surface area contributed by atoms with E-state index in [0.29, 0.717) is 0 Å². The Balaban J connectivity index is 2.50. The van der Waals surface area contributed by atoms with Gasteiger partial charge in [0.15, 0.2) is 43.1 Å². The van der Waals surface area contributed by atoms with Crippen molar-refractivity contribution in [3.63, 3.8) is 0 Å². The zero-order valence-electron chi connectivity index (χ0n) is 22.2. The minimum atomic E-state index is -1.69. The summed E-state index contributed by atoms with van der Waals surface area (Å²) in [5, 5.41) is 10.2. The third-order valence-electron chi connectivity index (χ3n) is 5.26. The van der Waals surface area contributed by atoms with E-state index in [1.54, 1.807) is 0 Å². The molecule has 2 heterocycles. The summed E-state index contributed by atoms with van der Waals surface area (Å²) in [7, 11) is 0. The van der Waals surface area contributed by atoms with Gasteiger partial charge >= 0.3 is 35.8 Å². The molecule has 220 valence electrons. The molecule has 2 saturated heterocycles. The van der Waals surface area contributed by atoms with E-state index in [0.717, 1.165) is 41.5 Å². The van der Waals surface area contributed by atoms with Gasteiger partial charge in [-0.2, -0.15) is 0 Å². The first-order valence-corrected chi connectivity index (χ1v) is 11.8. The first kappa shape index (κ1) is 31.9. The van der Waals surface area contributed by atoms with Gasteiger partial charge in [0.25, 0.3) is 0 Å². The molecule has 0 amide bonds. The highest BCUT2D eigenvalue weighted by molar-refractivity contribution is 5.69. The number of aliphatic hydroxyl groups excluding tert-OH is 1. The SMILES string of the molecule is CC(=O)OC[C@H]1O[C@@H](O[C@@H]2CO[C@@H](O)[C@H](OC(C)=O)[C@H]2OC(C)=O)[C@H](OC(C)=O)[C@@H](OC(C)=O)[C@H]1OC(C)=O. The zero-order chi connectivity index (χ0) is 29.4. The van der Waals surface area contributed by atoms with Gasteiger partial charge in [0, 0.05) is 41.5 Å². The first-order valence-electron chi connectivity index (χ1n) is 11.8. The van der Waals surface area contributed by atoms with E-state index in [1.807, 2.05) is 0 Å². The van der Waals surface area contributed by atoms with Crippen LogP contribution in [0.4, 0.5) is 0 Å². The summed E-state index contributed by atoms with van der Waals surface area (Å²) in [6, 6.07) is 0. The minimum absolute atomic E-state index is 0.427. The van der Waals surface area contributed by atoms with Crippen LogP contribution in [-0.2, 0) is 71.4 Å². The van der Waals surface area contributed by atoms with Crippen molar-refractivity contribution >= 4 is 35.8 Å². The molecule has 0 aromatic rings. The Morgan fingerprint density at radius 3 is 1.62 bits per heavy atom. The van der Waals surface area contributed by atoms with Crippen LogP contribution in [0.5, 0.6) is 0 Å². The molecular weight excluding hydrogens is 532 g/mol. The van der Waals surface area contributed by atoms with Crippen LogP contribution < -0.4 is 0 Å². The van der Waals surface area contributed by atoms with Crippen molar-refractivity contribution in [3.05, 3.63) is 0 Å². The second-order valence-electron chi connectivity index (χ2n) is 8.61. The molecule has 39 heavy (non-hydrogen) atoms. The lowest BCUT2D eigenvalue weighted by Gasteiger charge is -2.46. The molecule has 0 spiro atoms. The molecule has 2 aliphatic rings. The van der Waals surface area contributed by atoms with E-state index in [1.165, 1.54) is 0 Å². The average Bonchev–Trinajstić information content (AvgIpc) is 2.79. The fourth-order valence-electron chi connectivity index (χ4n) is 4.00. The summed E-state index contributed by atoms with van der Waals surface area (Å²) in [6.07, 6.45) is -13.4. The summed E-state index contributed by atoms with van der Waals surface area (Å²) in [4.78, 5) is 70.8. The van der Waals surface area contributed by atoms with Gasteiger partial charge in [0.05, 0.1) is 6.61 Å². The molecule has 2 aliphatic heterocycles. The van der Waals surface area contributed by atoms with Crippen LogP contribution in [0.3, 0.4) is 0 Å². The van der Waals surface area contributed by atoms with Crippen molar-refractivity contribution in [1.29, 1.82) is 0 Å². The van der Waals surface area contributed by atoms with E-state index in [4.69, 9.17) is 42.6 Å². The number of carbonyl (C=O) groups excluding carboxylic acids is 6. The van der Waals surface area contributed by atoms with Gasteiger partial charge < -0.3 is 47.7 Å². The normalized spacial score (nSPS) is 32.2. The molecule has 0 saturated carbocycles. The van der Waals surface area contributed by atoms with E-state index in [9.17, 15) is 33.9 Å². The summed E-state index contributed by atoms with van der Waals surface area (Å²) in [5.41, 5.74) is 0. The maximum Gasteiger partial charge on any atom is 0.303 e. The standard InChI is InChI=1S/C23H32O16/c1-9(24)31-7-15-17(33-10(2)25)19(35-12(4)27)21(37-14(6)29)23(38-15)39-16-8-32-22(30)20(36-13(5)28)18(16)34-11(3)26/h15-23,30H,7-8H2,1-6H3/t15-,16-,17+,18+,19+,20-,21-,22-,23+/m1/s1. The Kier molecular flexibility index (Phi) is 11.6. The molecule has 2 fully saturated rings. The Hall–Kier alpha value is -3.34. The number of rotatable bonds is 9. The number of carbonyl (C=O) groups is 6. The van der Waals surface area contributed by atoms with Gasteiger partial charge in [-0.15, -0.1) is 0 Å². The molecule has 0 radical (unpaired) electrons. The fraction of sp³-hybridized carbons (Fsp3) is 0.739. The number of ether oxygens (including phenoxy) is 9. The Morgan fingerprint density at radius 2 is 1.10 bits per heavy atom. The van der Waals surface area contributed by atoms with Gasteiger partial charge in [-0.3, -0.25) is 28.8 Å². The van der Waals surface area contributed by atoms with E-state index in [2.05, 4.69) is 0 Å². The average molecular weight is 564 g/mol. The highest BCUT2D eigenvalue weighted by atomic mass is 16.8. The van der Waals surface area contributed by atoms with Crippen LogP contribution in [0.15, 0.2) is 0 Å². The van der Waals surface area contributed by atoms with Crippen molar-refractivity contribution in [2.24, 2.45) is 0 Å². The van der Waals surface area contributed by atoms with E-state index >= 15 is 0 Å². The lowest BCUT2D eigenvalue weighted by Crippen LogP contribution is -2.65.